The van der Waals surface area contributed by atoms with Crippen LogP contribution in [0.25, 0.3) is 0 Å². The lowest BCUT2D eigenvalue weighted by Gasteiger charge is -2.46. The third kappa shape index (κ3) is 18.0. The van der Waals surface area contributed by atoms with Crippen LogP contribution in [-0.2, 0) is 81.2 Å². The van der Waals surface area contributed by atoms with E-state index >= 15 is 0 Å². The van der Waals surface area contributed by atoms with Gasteiger partial charge in [0.1, 0.15) is 80.9 Å². The molecule has 6 aliphatic heterocycles. The van der Waals surface area contributed by atoms with Crippen LogP contribution < -0.4 is 0 Å². The average Bonchev–Trinajstić information content (AvgIpc) is 3.95. The predicted molar refractivity (Wildman–Crippen MR) is 273 cm³/mol. The molecule has 0 aliphatic carbocycles. The van der Waals surface area contributed by atoms with Crippen LogP contribution in [0.2, 0.25) is 0 Å². The Hall–Kier alpha value is -1.57. The van der Waals surface area contributed by atoms with Crippen molar-refractivity contribution in [3.05, 3.63) is 0 Å². The number of fused-ring (bicyclic) bond motifs is 1. The van der Waals surface area contributed by atoms with Gasteiger partial charge in [0.15, 0.2) is 0 Å². The van der Waals surface area contributed by atoms with Crippen LogP contribution in [0, 0.1) is 35.5 Å². The maximum Gasteiger partial charge on any atom is 0.302 e. The highest BCUT2D eigenvalue weighted by atomic mass is 17.2. The van der Waals surface area contributed by atoms with Gasteiger partial charge in [0.2, 0.25) is 0 Å². The van der Waals surface area contributed by atoms with Crippen LogP contribution in [0.4, 0.5) is 0 Å². The second-order valence-electron chi connectivity index (χ2n) is 23.2. The Balaban J connectivity index is 1.08. The van der Waals surface area contributed by atoms with Gasteiger partial charge >= 0.3 is 5.97 Å². The highest BCUT2D eigenvalue weighted by molar-refractivity contribution is 5.65. The largest absolute Gasteiger partial charge is 0.463 e. The maximum atomic E-state index is 11.9. The predicted octanol–water partition coefficient (Wildman–Crippen LogP) is -4.06. The molecule has 6 rings (SSSR count). The van der Waals surface area contributed by atoms with Crippen molar-refractivity contribution in [2.45, 2.75) is 188 Å². The van der Waals surface area contributed by atoms with Crippen molar-refractivity contribution in [2.75, 3.05) is 107 Å². The van der Waals surface area contributed by atoms with E-state index in [1.807, 2.05) is 27.7 Å². The Morgan fingerprint density at radius 3 is 1.43 bits per heavy atom. The van der Waals surface area contributed by atoms with Gasteiger partial charge in [-0.1, -0.05) is 13.8 Å². The summed E-state index contributed by atoms with van der Waals surface area (Å²) in [5, 5.41) is 122. The second kappa shape index (κ2) is 32.4. The van der Waals surface area contributed by atoms with Gasteiger partial charge in [-0.05, 0) is 33.1 Å². The van der Waals surface area contributed by atoms with Crippen LogP contribution in [0.15, 0.2) is 0 Å². The van der Waals surface area contributed by atoms with E-state index in [1.165, 1.54) is 21.1 Å². The molecule has 6 heterocycles. The fraction of sp³-hybridized carbons (Fsp3) is 0.981. The number of carbonyl (C=O) groups is 1. The monoisotopic (exact) mass is 1180 g/mol. The molecule has 0 aromatic heterocycles. The maximum absolute atomic E-state index is 11.9. The number of aliphatic hydroxyl groups excluding tert-OH is 11. The minimum atomic E-state index is -1.57. The average molecular weight is 1180 g/mol. The second-order valence-corrected chi connectivity index (χ2v) is 23.2. The quantitative estimate of drug-likeness (QED) is 0.0179. The molecule has 474 valence electrons. The van der Waals surface area contributed by atoms with E-state index in [0.29, 0.717) is 12.8 Å². The standard InChI is InChI=1S/C53H94O28/c1-25(2)9-33-47(61)44(58)30(36(12-55)76-33)14-69-19-39-43(57)29(28(17-72-26(3)4)35(11-54)78-39)13-68-18-37-31(45(59)49(63)42(79-37)22-73-27(5)56)15-70-20-40-48(62)46(60)32(38(80-40)23-74-66-7)16-71-21-41-50(64)51(65)52-34(77-41)10-53(6,81-52)24-75-67-8/h25-26,28-52,54-55,57-65H,9-24H2,1-8H3/t28-,29?,30+,31?,32+,33+,34?,35?,36?,37+,38?,39+,40+,41+,42?,43?,44?,45?,46?,47?,48?,49+,50?,51?,52-,53?/m1/s1. The van der Waals surface area contributed by atoms with Gasteiger partial charge in [-0.25, -0.2) is 19.6 Å². The lowest BCUT2D eigenvalue weighted by atomic mass is 9.79. The zero-order valence-electron chi connectivity index (χ0n) is 47.8. The van der Waals surface area contributed by atoms with Crippen LogP contribution in [-0.4, -0.2) is 303 Å². The number of aliphatic hydroxyl groups is 11. The third-order valence-corrected chi connectivity index (χ3v) is 16.4. The molecule has 28 heteroatoms. The van der Waals surface area contributed by atoms with Gasteiger partial charge in [0.25, 0.3) is 0 Å². The van der Waals surface area contributed by atoms with Crippen molar-refractivity contribution in [2.24, 2.45) is 35.5 Å². The first kappa shape index (κ1) is 68.5. The zero-order valence-corrected chi connectivity index (χ0v) is 47.8. The van der Waals surface area contributed by atoms with E-state index in [4.69, 9.17) is 76.4 Å². The number of esters is 1. The SMILES string of the molecule is COOCC1O[C@@H](COCC2C(O)[C@@H](O)C(COC(C)=O)O[C@H]2COCC2C(O)[C@H](COC[C@H]3C(CO)O[C@@H](CC(C)C)C(O)C3O)OC(CO)[C@@H]2COC(C)C)C(O)C(O)[C@H]1COC[C@@H]1OC2CC(C)(COOC)O[C@H]2C(O)C1O. The van der Waals surface area contributed by atoms with Crippen molar-refractivity contribution in [3.63, 3.8) is 0 Å². The summed E-state index contributed by atoms with van der Waals surface area (Å²) >= 11 is 0. The van der Waals surface area contributed by atoms with Gasteiger partial charge in [0, 0.05) is 42.9 Å². The first-order valence-electron chi connectivity index (χ1n) is 28.2. The number of hydrogen-bond donors (Lipinski definition) is 11. The summed E-state index contributed by atoms with van der Waals surface area (Å²) in [4.78, 5) is 31.6. The molecule has 11 N–H and O–H groups in total. The van der Waals surface area contributed by atoms with Gasteiger partial charge in [-0.2, -0.15) is 0 Å². The molecule has 6 fully saturated rings. The first-order chi connectivity index (χ1) is 38.6. The molecule has 28 nitrogen and oxygen atoms in total. The van der Waals surface area contributed by atoms with E-state index in [0.717, 1.165) is 0 Å². The number of carbonyl (C=O) groups excluding carboxylic acids is 1. The van der Waals surface area contributed by atoms with Crippen molar-refractivity contribution >= 4 is 5.97 Å². The molecule has 16 unspecified atom stereocenters. The van der Waals surface area contributed by atoms with E-state index in [-0.39, 0.29) is 84.7 Å². The van der Waals surface area contributed by atoms with E-state index in [1.54, 1.807) is 6.92 Å². The molecule has 0 spiro atoms. The Morgan fingerprint density at radius 2 is 0.914 bits per heavy atom. The molecule has 0 radical (unpaired) electrons. The number of hydrogen-bond acceptors (Lipinski definition) is 28. The van der Waals surface area contributed by atoms with Gasteiger partial charge in [-0.15, -0.1) is 0 Å². The molecule has 0 aromatic rings. The fourth-order valence-electron chi connectivity index (χ4n) is 11.8. The lowest BCUT2D eigenvalue weighted by molar-refractivity contribution is -0.313. The normalized spacial score (nSPS) is 43.0. The van der Waals surface area contributed by atoms with Crippen molar-refractivity contribution in [3.8, 4) is 0 Å². The van der Waals surface area contributed by atoms with E-state index < -0.39 is 183 Å². The first-order valence-corrected chi connectivity index (χ1v) is 28.2. The van der Waals surface area contributed by atoms with Crippen molar-refractivity contribution < 1.29 is 137 Å². The Morgan fingerprint density at radius 1 is 0.481 bits per heavy atom. The van der Waals surface area contributed by atoms with E-state index in [2.05, 4.69) is 0 Å². The van der Waals surface area contributed by atoms with Crippen LogP contribution in [0.1, 0.15) is 54.4 Å². The van der Waals surface area contributed by atoms with Crippen LogP contribution >= 0.6 is 0 Å². The smallest absolute Gasteiger partial charge is 0.302 e. The number of ether oxygens (including phenoxy) is 12. The summed E-state index contributed by atoms with van der Waals surface area (Å²) in [6, 6.07) is 0. The number of rotatable bonds is 31. The van der Waals surface area contributed by atoms with Gasteiger partial charge in [-0.3, -0.25) is 4.79 Å². The summed E-state index contributed by atoms with van der Waals surface area (Å²) in [5.41, 5.74) is -0.856. The highest BCUT2D eigenvalue weighted by Crippen LogP contribution is 2.40. The summed E-state index contributed by atoms with van der Waals surface area (Å²) in [7, 11) is 2.64. The van der Waals surface area contributed by atoms with Crippen molar-refractivity contribution in [1.82, 2.24) is 0 Å². The van der Waals surface area contributed by atoms with Crippen LogP contribution in [0.3, 0.4) is 0 Å². The molecule has 26 atom stereocenters. The molecule has 81 heavy (non-hydrogen) atoms. The summed E-state index contributed by atoms with van der Waals surface area (Å²) in [6.45, 7) is 7.07. The molecular weight excluding hydrogens is 1080 g/mol. The molecule has 6 saturated heterocycles. The topological polar surface area (TPSA) is 387 Å². The Labute approximate surface area is 472 Å². The minimum absolute atomic E-state index is 0.0523. The molecule has 6 aliphatic rings. The fourth-order valence-corrected chi connectivity index (χ4v) is 11.8. The van der Waals surface area contributed by atoms with Gasteiger partial charge < -0.3 is 113 Å². The summed E-state index contributed by atoms with van der Waals surface area (Å²) in [6.07, 6.45) is -22.3. The Bertz CT molecular complexity index is 1810. The Kier molecular flexibility index (Phi) is 27.4. The molecule has 0 amide bonds. The molecule has 0 bridgehead atoms. The van der Waals surface area contributed by atoms with E-state index in [9.17, 15) is 61.0 Å². The molecule has 0 aromatic carbocycles. The van der Waals surface area contributed by atoms with Crippen molar-refractivity contribution in [1.29, 1.82) is 0 Å². The molecular formula is C53H94O28. The lowest BCUT2D eigenvalue weighted by Crippen LogP contribution is -2.60. The minimum Gasteiger partial charge on any atom is -0.463 e. The third-order valence-electron chi connectivity index (χ3n) is 16.4. The molecule has 0 saturated carbocycles. The highest BCUT2D eigenvalue weighted by Gasteiger charge is 2.55. The summed E-state index contributed by atoms with van der Waals surface area (Å²) < 4.78 is 72.1. The van der Waals surface area contributed by atoms with Gasteiger partial charge in [0.05, 0.1) is 160 Å². The summed E-state index contributed by atoms with van der Waals surface area (Å²) in [5.74, 6) is -4.67. The zero-order chi connectivity index (χ0) is 59.3. The van der Waals surface area contributed by atoms with Crippen LogP contribution in [0.5, 0.6) is 0 Å².